The summed E-state index contributed by atoms with van der Waals surface area (Å²) < 4.78 is 5.31. The molecule has 0 radical (unpaired) electrons. The van der Waals surface area contributed by atoms with Crippen molar-refractivity contribution < 1.29 is 19.2 Å². The van der Waals surface area contributed by atoms with Crippen LogP contribution in [-0.2, 0) is 9.53 Å². The number of nitro groups is 1. The van der Waals surface area contributed by atoms with Crippen molar-refractivity contribution in [1.29, 1.82) is 0 Å². The van der Waals surface area contributed by atoms with Gasteiger partial charge in [-0.25, -0.2) is 4.79 Å². The van der Waals surface area contributed by atoms with Gasteiger partial charge < -0.3 is 15.8 Å². The molecule has 1 atom stereocenters. The van der Waals surface area contributed by atoms with E-state index in [1.54, 1.807) is 0 Å². The number of ether oxygens (including phenoxy) is 1. The van der Waals surface area contributed by atoms with Crippen molar-refractivity contribution in [1.82, 2.24) is 5.32 Å². The van der Waals surface area contributed by atoms with Crippen molar-refractivity contribution in [3.8, 4) is 11.1 Å². The zero-order valence-electron chi connectivity index (χ0n) is 14.5. The molecule has 2 aromatic carbocycles. The van der Waals surface area contributed by atoms with Crippen LogP contribution in [0.15, 0.2) is 48.5 Å². The van der Waals surface area contributed by atoms with Crippen LogP contribution in [0, 0.1) is 10.1 Å². The molecule has 0 aromatic heterocycles. The molecule has 140 valence electrons. The van der Waals surface area contributed by atoms with Crippen LogP contribution in [-0.4, -0.2) is 36.1 Å². The van der Waals surface area contributed by atoms with Crippen molar-refractivity contribution in [2.45, 2.75) is 18.4 Å². The van der Waals surface area contributed by atoms with E-state index in [9.17, 15) is 19.7 Å². The SMILES string of the molecule is NC(=O)C[C@@H](C[N+](=O)[O-])NC(=O)OCC1c2ccccc2-c2ccccc21. The molecular formula is C19H19N3O5. The number of fused-ring (bicyclic) bond motifs is 3. The first-order chi connectivity index (χ1) is 13.0. The molecule has 0 aliphatic heterocycles. The van der Waals surface area contributed by atoms with Crippen LogP contribution in [0.3, 0.4) is 0 Å². The van der Waals surface area contributed by atoms with E-state index in [0.29, 0.717) is 0 Å². The van der Waals surface area contributed by atoms with Crippen molar-refractivity contribution in [3.05, 3.63) is 69.8 Å². The number of primary amides is 1. The van der Waals surface area contributed by atoms with Crippen LogP contribution in [0.4, 0.5) is 4.79 Å². The summed E-state index contributed by atoms with van der Waals surface area (Å²) in [6.45, 7) is -0.519. The largest absolute Gasteiger partial charge is 0.449 e. The average Bonchev–Trinajstić information content (AvgIpc) is 2.93. The minimum absolute atomic E-state index is 0.0849. The summed E-state index contributed by atoms with van der Waals surface area (Å²) in [6, 6.07) is 14.8. The number of benzene rings is 2. The highest BCUT2D eigenvalue weighted by Crippen LogP contribution is 2.44. The third kappa shape index (κ3) is 4.22. The third-order valence-electron chi connectivity index (χ3n) is 4.48. The van der Waals surface area contributed by atoms with Crippen molar-refractivity contribution in [3.63, 3.8) is 0 Å². The van der Waals surface area contributed by atoms with Crippen molar-refractivity contribution in [2.75, 3.05) is 13.2 Å². The second-order valence-electron chi connectivity index (χ2n) is 6.35. The number of carbonyl (C=O) groups is 2. The van der Waals surface area contributed by atoms with Crippen LogP contribution in [0.5, 0.6) is 0 Å². The maximum absolute atomic E-state index is 12.1. The standard InChI is InChI=1S/C19H19N3O5/c20-18(23)9-12(10-22(25)26)21-19(24)27-11-17-15-7-3-1-5-13(15)14-6-2-4-8-16(14)17/h1-8,12,17H,9-11H2,(H2,20,23)(H,21,24)/t12-/m0/s1. The summed E-state index contributed by atoms with van der Waals surface area (Å²) in [5, 5.41) is 13.0. The predicted molar refractivity (Wildman–Crippen MR) is 97.7 cm³/mol. The fourth-order valence-electron chi connectivity index (χ4n) is 3.39. The Hall–Kier alpha value is -3.42. The highest BCUT2D eigenvalue weighted by atomic mass is 16.6. The fourth-order valence-corrected chi connectivity index (χ4v) is 3.39. The third-order valence-corrected chi connectivity index (χ3v) is 4.48. The molecule has 2 amide bonds. The summed E-state index contributed by atoms with van der Waals surface area (Å²) >= 11 is 0. The first-order valence-electron chi connectivity index (χ1n) is 8.47. The molecule has 1 aliphatic rings. The lowest BCUT2D eigenvalue weighted by atomic mass is 9.98. The van der Waals surface area contributed by atoms with Gasteiger partial charge in [0, 0.05) is 10.8 Å². The number of amides is 2. The van der Waals surface area contributed by atoms with E-state index in [1.165, 1.54) is 0 Å². The van der Waals surface area contributed by atoms with Gasteiger partial charge in [-0.15, -0.1) is 0 Å². The maximum atomic E-state index is 12.1. The molecule has 8 nitrogen and oxygen atoms in total. The van der Waals surface area contributed by atoms with E-state index in [1.807, 2.05) is 48.5 Å². The normalized spacial score (nSPS) is 13.3. The predicted octanol–water partition coefficient (Wildman–Crippen LogP) is 2.05. The van der Waals surface area contributed by atoms with Gasteiger partial charge in [-0.1, -0.05) is 48.5 Å². The Morgan fingerprint density at radius 3 is 2.19 bits per heavy atom. The highest BCUT2D eigenvalue weighted by Gasteiger charge is 2.29. The van der Waals surface area contributed by atoms with E-state index in [2.05, 4.69) is 5.32 Å². The zero-order valence-corrected chi connectivity index (χ0v) is 14.5. The smallest absolute Gasteiger partial charge is 0.407 e. The molecule has 0 heterocycles. The number of hydrogen-bond acceptors (Lipinski definition) is 5. The van der Waals surface area contributed by atoms with Crippen LogP contribution in [0.25, 0.3) is 11.1 Å². The quantitative estimate of drug-likeness (QED) is 0.571. The Bertz CT molecular complexity index is 822. The van der Waals surface area contributed by atoms with Crippen LogP contribution in [0.2, 0.25) is 0 Å². The molecule has 0 bridgehead atoms. The number of nitrogens with two attached hydrogens (primary N) is 1. The van der Waals surface area contributed by atoms with E-state index in [-0.39, 0.29) is 18.9 Å². The molecule has 0 spiro atoms. The number of nitrogens with one attached hydrogen (secondary N) is 1. The Balaban J connectivity index is 1.68. The first kappa shape index (κ1) is 18.4. The summed E-state index contributed by atoms with van der Waals surface area (Å²) in [5.74, 6) is -0.853. The molecule has 0 saturated carbocycles. The molecule has 0 saturated heterocycles. The van der Waals surface area contributed by atoms with Gasteiger partial charge in [0.15, 0.2) is 0 Å². The molecule has 8 heteroatoms. The van der Waals surface area contributed by atoms with E-state index in [4.69, 9.17) is 10.5 Å². The minimum Gasteiger partial charge on any atom is -0.449 e. The summed E-state index contributed by atoms with van der Waals surface area (Å²) in [6.07, 6.45) is -1.14. The summed E-state index contributed by atoms with van der Waals surface area (Å²) in [7, 11) is 0. The summed E-state index contributed by atoms with van der Waals surface area (Å²) in [4.78, 5) is 33.2. The Kier molecular flexibility index (Phi) is 5.35. The van der Waals surface area contributed by atoms with E-state index >= 15 is 0 Å². The lowest BCUT2D eigenvalue weighted by molar-refractivity contribution is -0.483. The monoisotopic (exact) mass is 369 g/mol. The summed E-state index contributed by atoms with van der Waals surface area (Å²) in [5.41, 5.74) is 9.39. The molecule has 3 rings (SSSR count). The Morgan fingerprint density at radius 1 is 1.11 bits per heavy atom. The van der Waals surface area contributed by atoms with Gasteiger partial charge in [0.2, 0.25) is 12.5 Å². The van der Waals surface area contributed by atoms with Crippen molar-refractivity contribution >= 4 is 12.0 Å². The minimum atomic E-state index is -1.01. The first-order valence-corrected chi connectivity index (χ1v) is 8.47. The Morgan fingerprint density at radius 2 is 1.67 bits per heavy atom. The zero-order chi connectivity index (χ0) is 19.4. The number of rotatable bonds is 7. The van der Waals surface area contributed by atoms with Crippen LogP contribution < -0.4 is 11.1 Å². The fraction of sp³-hybridized carbons (Fsp3) is 0.263. The van der Waals surface area contributed by atoms with Gasteiger partial charge in [0.05, 0.1) is 6.42 Å². The van der Waals surface area contributed by atoms with Gasteiger partial charge in [-0.2, -0.15) is 0 Å². The van der Waals surface area contributed by atoms with Gasteiger partial charge in [0.25, 0.3) is 0 Å². The van der Waals surface area contributed by atoms with Gasteiger partial charge >= 0.3 is 6.09 Å². The molecule has 3 N–H and O–H groups in total. The van der Waals surface area contributed by atoms with Crippen LogP contribution in [0.1, 0.15) is 23.5 Å². The molecule has 1 aliphatic carbocycles. The Labute approximate surface area is 155 Å². The number of nitrogens with zero attached hydrogens (tertiary/aromatic N) is 1. The molecule has 2 aromatic rings. The van der Waals surface area contributed by atoms with E-state index in [0.717, 1.165) is 22.3 Å². The average molecular weight is 369 g/mol. The maximum Gasteiger partial charge on any atom is 0.407 e. The van der Waals surface area contributed by atoms with E-state index < -0.39 is 29.5 Å². The van der Waals surface area contributed by atoms with Gasteiger partial charge in [-0.05, 0) is 22.3 Å². The topological polar surface area (TPSA) is 125 Å². The molecule has 0 unspecified atom stereocenters. The lowest BCUT2D eigenvalue weighted by Crippen LogP contribution is -2.42. The van der Waals surface area contributed by atoms with Crippen molar-refractivity contribution in [2.24, 2.45) is 5.73 Å². The molecular weight excluding hydrogens is 350 g/mol. The second-order valence-corrected chi connectivity index (χ2v) is 6.35. The number of hydrogen-bond donors (Lipinski definition) is 2. The number of alkyl carbamates (subject to hydrolysis) is 1. The highest BCUT2D eigenvalue weighted by molar-refractivity contribution is 5.79. The lowest BCUT2D eigenvalue weighted by Gasteiger charge is -2.17. The molecule has 27 heavy (non-hydrogen) atoms. The van der Waals surface area contributed by atoms with Gasteiger partial charge in [-0.3, -0.25) is 14.9 Å². The second kappa shape index (κ2) is 7.86. The van der Waals surface area contributed by atoms with Crippen LogP contribution >= 0.6 is 0 Å². The van der Waals surface area contributed by atoms with Gasteiger partial charge in [0.1, 0.15) is 12.6 Å². The number of carbonyl (C=O) groups excluding carboxylic acids is 2. The molecule has 0 fully saturated rings.